The molecule has 0 radical (unpaired) electrons. The van der Waals surface area contributed by atoms with Crippen LogP contribution in [0.4, 0.5) is 4.39 Å². The molecule has 0 bridgehead atoms. The molecule has 1 aliphatic rings. The number of nitrogens with zero attached hydrogens (tertiary/aromatic N) is 1. The van der Waals surface area contributed by atoms with Gasteiger partial charge in [-0.05, 0) is 48.7 Å². The predicted molar refractivity (Wildman–Crippen MR) is 124 cm³/mol. The maximum Gasteiger partial charge on any atom is 0.307 e. The van der Waals surface area contributed by atoms with Crippen LogP contribution >= 0.6 is 0 Å². The number of carbonyl (C=O) groups is 2. The summed E-state index contributed by atoms with van der Waals surface area (Å²) in [4.78, 5) is 27.3. The molecule has 1 aliphatic heterocycles. The van der Waals surface area contributed by atoms with E-state index in [0.29, 0.717) is 12.1 Å². The van der Waals surface area contributed by atoms with Crippen LogP contribution in [0.15, 0.2) is 66.7 Å². The number of rotatable bonds is 7. The molecular weight excluding hydrogens is 419 g/mol. The van der Waals surface area contributed by atoms with Gasteiger partial charge in [0, 0.05) is 23.7 Å². The van der Waals surface area contributed by atoms with Crippen LogP contribution in [-0.4, -0.2) is 23.9 Å². The molecule has 1 amide bonds. The van der Waals surface area contributed by atoms with E-state index < -0.39 is 6.17 Å². The summed E-state index contributed by atoms with van der Waals surface area (Å²) in [6, 6.07) is 19.3. The number of benzene rings is 3. The largest absolute Gasteiger partial charge is 0.469 e. The number of ether oxygens (including phenoxy) is 1. The summed E-state index contributed by atoms with van der Waals surface area (Å²) in [6.07, 6.45) is -0.327. The van der Waals surface area contributed by atoms with Crippen LogP contribution in [0.1, 0.15) is 56.8 Å². The van der Waals surface area contributed by atoms with E-state index in [-0.39, 0.29) is 30.2 Å². The minimum Gasteiger partial charge on any atom is -0.469 e. The van der Waals surface area contributed by atoms with Crippen LogP contribution in [0.25, 0.3) is 0 Å². The van der Waals surface area contributed by atoms with Gasteiger partial charge in [0.2, 0.25) is 0 Å². The van der Waals surface area contributed by atoms with Gasteiger partial charge in [0.1, 0.15) is 12.0 Å². The Hall–Kier alpha value is -3.51. The maximum absolute atomic E-state index is 13.4. The molecule has 0 unspecified atom stereocenters. The van der Waals surface area contributed by atoms with Gasteiger partial charge in [-0.3, -0.25) is 14.9 Å². The van der Waals surface area contributed by atoms with Crippen LogP contribution in [0.5, 0.6) is 0 Å². The maximum atomic E-state index is 13.4. The quantitative estimate of drug-likeness (QED) is 0.520. The first kappa shape index (κ1) is 22.7. The second-order valence-electron chi connectivity index (χ2n) is 8.41. The molecule has 170 valence electrons. The normalized spacial score (nSPS) is 15.9. The Bertz CT molecular complexity index is 1180. The molecule has 1 N–H and O–H groups in total. The molecule has 0 spiro atoms. The third-order valence-electron chi connectivity index (χ3n) is 6.08. The Balaban J connectivity index is 1.71. The van der Waals surface area contributed by atoms with Crippen molar-refractivity contribution in [2.45, 2.75) is 39.0 Å². The number of halogens is 1. The number of methoxy groups -OCH3 is 1. The zero-order valence-electron chi connectivity index (χ0n) is 19.0. The van der Waals surface area contributed by atoms with Crippen LogP contribution < -0.4 is 5.32 Å². The number of hydrogen-bond acceptors (Lipinski definition) is 4. The molecule has 2 atom stereocenters. The van der Waals surface area contributed by atoms with Gasteiger partial charge >= 0.3 is 5.97 Å². The Morgan fingerprint density at radius 3 is 2.52 bits per heavy atom. The van der Waals surface area contributed by atoms with Crippen molar-refractivity contribution in [3.05, 3.63) is 106 Å². The minimum atomic E-state index is -0.450. The topological polar surface area (TPSA) is 58.6 Å². The molecule has 3 aromatic carbocycles. The zero-order chi connectivity index (χ0) is 23.5. The molecule has 0 saturated heterocycles. The van der Waals surface area contributed by atoms with E-state index in [1.165, 1.54) is 19.2 Å². The van der Waals surface area contributed by atoms with Gasteiger partial charge < -0.3 is 9.64 Å². The Morgan fingerprint density at radius 2 is 1.82 bits per heavy atom. The minimum absolute atomic E-state index is 0.107. The number of nitrogens with one attached hydrogen (secondary N) is 1. The van der Waals surface area contributed by atoms with Crippen LogP contribution in [0.2, 0.25) is 0 Å². The van der Waals surface area contributed by atoms with Crippen molar-refractivity contribution in [3.63, 3.8) is 0 Å². The fourth-order valence-corrected chi connectivity index (χ4v) is 4.42. The highest BCUT2D eigenvalue weighted by Gasteiger charge is 2.38. The number of amides is 1. The lowest BCUT2D eigenvalue weighted by Gasteiger charge is -2.31. The summed E-state index contributed by atoms with van der Waals surface area (Å²) in [5, 5.41) is 3.56. The Kier molecular flexibility index (Phi) is 6.56. The number of aryl methyl sites for hydroxylation is 2. The zero-order valence-corrected chi connectivity index (χ0v) is 19.0. The summed E-state index contributed by atoms with van der Waals surface area (Å²) in [5.74, 6) is -0.766. The molecule has 3 aromatic rings. The van der Waals surface area contributed by atoms with Crippen LogP contribution in [0.3, 0.4) is 0 Å². The van der Waals surface area contributed by atoms with Gasteiger partial charge in [-0.25, -0.2) is 4.39 Å². The van der Waals surface area contributed by atoms with E-state index in [1.807, 2.05) is 50.2 Å². The smallest absolute Gasteiger partial charge is 0.307 e. The van der Waals surface area contributed by atoms with E-state index in [4.69, 9.17) is 4.74 Å². The van der Waals surface area contributed by atoms with Gasteiger partial charge in [0.25, 0.3) is 5.91 Å². The van der Waals surface area contributed by atoms with E-state index in [2.05, 4.69) is 11.4 Å². The van der Waals surface area contributed by atoms with Crippen molar-refractivity contribution in [2.24, 2.45) is 0 Å². The molecule has 5 nitrogen and oxygen atoms in total. The third kappa shape index (κ3) is 4.81. The number of esters is 1. The molecule has 0 aromatic heterocycles. The Morgan fingerprint density at radius 1 is 1.09 bits per heavy atom. The van der Waals surface area contributed by atoms with Crippen LogP contribution in [0, 0.1) is 19.7 Å². The van der Waals surface area contributed by atoms with Crippen molar-refractivity contribution in [1.82, 2.24) is 10.2 Å². The second-order valence-corrected chi connectivity index (χ2v) is 8.41. The highest BCUT2D eigenvalue weighted by atomic mass is 19.1. The molecule has 4 rings (SSSR count). The van der Waals surface area contributed by atoms with Gasteiger partial charge in [-0.2, -0.15) is 0 Å². The molecule has 33 heavy (non-hydrogen) atoms. The summed E-state index contributed by atoms with van der Waals surface area (Å²) in [5.41, 5.74) is 5.45. The molecule has 0 aliphatic carbocycles. The van der Waals surface area contributed by atoms with E-state index >= 15 is 0 Å². The Labute approximate surface area is 193 Å². The number of carbonyl (C=O) groups excluding carboxylic acids is 2. The second kappa shape index (κ2) is 9.55. The highest BCUT2D eigenvalue weighted by Crippen LogP contribution is 2.36. The SMILES string of the molecule is COC(=O)C[C@H](N[C@@H]1c2ccccc2C(=O)N1Cc1ccc(F)cc1)c1ccc(C)cc1C. The highest BCUT2D eigenvalue weighted by molar-refractivity contribution is 5.99. The number of fused-ring (bicyclic) bond motifs is 1. The van der Waals surface area contributed by atoms with Gasteiger partial charge in [-0.15, -0.1) is 0 Å². The third-order valence-corrected chi connectivity index (χ3v) is 6.08. The molecule has 0 saturated carbocycles. The predicted octanol–water partition coefficient (Wildman–Crippen LogP) is 4.99. The van der Waals surface area contributed by atoms with E-state index in [1.54, 1.807) is 17.0 Å². The van der Waals surface area contributed by atoms with Gasteiger partial charge in [-0.1, -0.05) is 54.1 Å². The van der Waals surface area contributed by atoms with Crippen molar-refractivity contribution in [1.29, 1.82) is 0 Å². The lowest BCUT2D eigenvalue weighted by Crippen LogP contribution is -2.39. The van der Waals surface area contributed by atoms with Crippen molar-refractivity contribution < 1.29 is 18.7 Å². The van der Waals surface area contributed by atoms with Gasteiger partial charge in [0.15, 0.2) is 0 Å². The lowest BCUT2D eigenvalue weighted by molar-refractivity contribution is -0.141. The summed E-state index contributed by atoms with van der Waals surface area (Å²) >= 11 is 0. The van der Waals surface area contributed by atoms with Crippen molar-refractivity contribution in [2.75, 3.05) is 7.11 Å². The van der Waals surface area contributed by atoms with Crippen molar-refractivity contribution in [3.8, 4) is 0 Å². The number of hydrogen-bond donors (Lipinski definition) is 1. The van der Waals surface area contributed by atoms with Crippen LogP contribution in [-0.2, 0) is 16.1 Å². The van der Waals surface area contributed by atoms with Crippen molar-refractivity contribution >= 4 is 11.9 Å². The first-order valence-electron chi connectivity index (χ1n) is 10.9. The summed E-state index contributed by atoms with van der Waals surface area (Å²) in [6.45, 7) is 4.34. The first-order chi connectivity index (χ1) is 15.9. The first-order valence-corrected chi connectivity index (χ1v) is 10.9. The fourth-order valence-electron chi connectivity index (χ4n) is 4.42. The van der Waals surface area contributed by atoms with E-state index in [9.17, 15) is 14.0 Å². The lowest BCUT2D eigenvalue weighted by atomic mass is 9.96. The van der Waals surface area contributed by atoms with Gasteiger partial charge in [0.05, 0.1) is 13.5 Å². The standard InChI is InChI=1S/C27H27FN2O3/c1-17-8-13-21(18(2)14-17)24(15-25(31)33-3)29-26-22-6-4-5-7-23(22)27(32)30(26)16-19-9-11-20(28)12-10-19/h4-14,24,26,29H,15-16H2,1-3H3/t24-,26-/m0/s1. The molecule has 6 heteroatoms. The fraction of sp³-hybridized carbons (Fsp3) is 0.259. The molecule has 0 fully saturated rings. The molecule has 1 heterocycles. The molecular formula is C27H27FN2O3. The summed E-state index contributed by atoms with van der Waals surface area (Å²) in [7, 11) is 1.37. The van der Waals surface area contributed by atoms with E-state index in [0.717, 1.165) is 27.8 Å². The average molecular weight is 447 g/mol. The monoisotopic (exact) mass is 446 g/mol. The average Bonchev–Trinajstić information content (AvgIpc) is 3.06. The summed E-state index contributed by atoms with van der Waals surface area (Å²) < 4.78 is 18.4.